The second-order valence-electron chi connectivity index (χ2n) is 5.93. The van der Waals surface area contributed by atoms with Crippen molar-refractivity contribution in [3.63, 3.8) is 0 Å². The zero-order chi connectivity index (χ0) is 16.2. The summed E-state index contributed by atoms with van der Waals surface area (Å²) < 4.78 is 4.71. The average molecular weight is 318 g/mol. The highest BCUT2D eigenvalue weighted by Crippen LogP contribution is 2.30. The van der Waals surface area contributed by atoms with Crippen LogP contribution in [0.4, 0.5) is 0 Å². The predicted octanol–water partition coefficient (Wildman–Crippen LogP) is 2.95. The van der Waals surface area contributed by atoms with Gasteiger partial charge in [0.2, 0.25) is 0 Å². The van der Waals surface area contributed by atoms with E-state index >= 15 is 0 Å². The molecule has 4 nitrogen and oxygen atoms in total. The van der Waals surface area contributed by atoms with Crippen LogP contribution in [0.1, 0.15) is 40.5 Å². The summed E-state index contributed by atoms with van der Waals surface area (Å²) in [5.74, 6) is -0.308. The third kappa shape index (κ3) is 3.93. The van der Waals surface area contributed by atoms with Crippen LogP contribution >= 0.6 is 11.3 Å². The van der Waals surface area contributed by atoms with Crippen molar-refractivity contribution in [2.24, 2.45) is 5.73 Å². The van der Waals surface area contributed by atoms with Gasteiger partial charge in [-0.2, -0.15) is 0 Å². The predicted molar refractivity (Wildman–Crippen MR) is 89.4 cm³/mol. The van der Waals surface area contributed by atoms with Crippen LogP contribution in [0.2, 0.25) is 0 Å². The lowest BCUT2D eigenvalue weighted by atomic mass is 9.86. The molecule has 5 heteroatoms. The van der Waals surface area contributed by atoms with E-state index in [1.165, 1.54) is 12.7 Å². The third-order valence-corrected chi connectivity index (χ3v) is 4.81. The van der Waals surface area contributed by atoms with Gasteiger partial charge in [-0.05, 0) is 30.7 Å². The van der Waals surface area contributed by atoms with Crippen LogP contribution in [0.25, 0.3) is 0 Å². The number of hydrogen-bond donors (Lipinski definition) is 1. The summed E-state index contributed by atoms with van der Waals surface area (Å²) >= 11 is 1.69. The molecule has 0 atom stereocenters. The maximum Gasteiger partial charge on any atom is 0.337 e. The molecular weight excluding hydrogens is 296 g/mol. The Bertz CT molecular complexity index is 632. The first-order valence-corrected chi connectivity index (χ1v) is 8.16. The topological polar surface area (TPSA) is 65.2 Å². The number of carbonyl (C=O) groups is 1. The summed E-state index contributed by atoms with van der Waals surface area (Å²) in [5, 5.41) is 3.21. The molecule has 0 aliphatic rings. The van der Waals surface area contributed by atoms with E-state index in [0.717, 1.165) is 23.5 Å². The summed E-state index contributed by atoms with van der Waals surface area (Å²) in [6, 6.07) is 7.56. The second kappa shape index (κ2) is 7.03. The Balaban J connectivity index is 2.11. The van der Waals surface area contributed by atoms with E-state index in [2.05, 4.69) is 19.2 Å². The highest BCUT2D eigenvalue weighted by molar-refractivity contribution is 7.09. The largest absolute Gasteiger partial charge is 0.465 e. The molecule has 2 aromatic rings. The SMILES string of the molecule is COC(=O)c1ccc(CC(C)(C)c2nc(CCN)cs2)cc1. The molecule has 22 heavy (non-hydrogen) atoms. The molecule has 0 radical (unpaired) electrons. The van der Waals surface area contributed by atoms with Crippen LogP contribution in [-0.2, 0) is 23.0 Å². The zero-order valence-corrected chi connectivity index (χ0v) is 14.1. The number of thiazole rings is 1. The molecule has 0 aliphatic carbocycles. The molecule has 0 aliphatic heterocycles. The third-order valence-electron chi connectivity index (χ3n) is 3.55. The molecule has 118 valence electrons. The number of ether oxygens (including phenoxy) is 1. The summed E-state index contributed by atoms with van der Waals surface area (Å²) in [5.41, 5.74) is 8.34. The standard InChI is InChI=1S/C17H22N2O2S/c1-17(2,16-19-14(8-9-18)11-22-16)10-12-4-6-13(7-5-12)15(20)21-3/h4-7,11H,8-10,18H2,1-3H3. The summed E-state index contributed by atoms with van der Waals surface area (Å²) in [6.45, 7) is 5.00. The molecule has 1 aromatic heterocycles. The maximum atomic E-state index is 11.5. The van der Waals surface area contributed by atoms with Gasteiger partial charge >= 0.3 is 5.97 Å². The van der Waals surface area contributed by atoms with Crippen molar-refractivity contribution in [3.05, 3.63) is 51.5 Å². The minimum absolute atomic E-state index is 0.0513. The van der Waals surface area contributed by atoms with Gasteiger partial charge in [0.05, 0.1) is 23.4 Å². The van der Waals surface area contributed by atoms with Gasteiger partial charge in [0, 0.05) is 17.2 Å². The van der Waals surface area contributed by atoms with Gasteiger partial charge in [-0.15, -0.1) is 11.3 Å². The van der Waals surface area contributed by atoms with Gasteiger partial charge in [0.15, 0.2) is 0 Å². The smallest absolute Gasteiger partial charge is 0.337 e. The fourth-order valence-electron chi connectivity index (χ4n) is 2.34. The monoisotopic (exact) mass is 318 g/mol. The Morgan fingerprint density at radius 1 is 1.32 bits per heavy atom. The first kappa shape index (κ1) is 16.6. The summed E-state index contributed by atoms with van der Waals surface area (Å²) in [4.78, 5) is 16.1. The van der Waals surface area contributed by atoms with Crippen LogP contribution in [-0.4, -0.2) is 24.6 Å². The molecule has 0 bridgehead atoms. The van der Waals surface area contributed by atoms with E-state index in [1.807, 2.05) is 12.1 Å². The Labute approximate surface area is 135 Å². The first-order chi connectivity index (χ1) is 10.5. The molecule has 0 saturated carbocycles. The van der Waals surface area contributed by atoms with Crippen molar-refractivity contribution in [2.75, 3.05) is 13.7 Å². The molecule has 2 rings (SSSR count). The molecule has 0 unspecified atom stereocenters. The van der Waals surface area contributed by atoms with E-state index < -0.39 is 0 Å². The van der Waals surface area contributed by atoms with Gasteiger partial charge in [0.25, 0.3) is 0 Å². The number of nitrogens with two attached hydrogens (primary N) is 1. The van der Waals surface area contributed by atoms with E-state index in [-0.39, 0.29) is 11.4 Å². The first-order valence-electron chi connectivity index (χ1n) is 7.28. The fraction of sp³-hybridized carbons (Fsp3) is 0.412. The van der Waals surface area contributed by atoms with Crippen LogP contribution in [0.3, 0.4) is 0 Å². The Morgan fingerprint density at radius 3 is 2.59 bits per heavy atom. The molecule has 1 aromatic carbocycles. The molecule has 0 amide bonds. The van der Waals surface area contributed by atoms with Gasteiger partial charge < -0.3 is 10.5 Å². The molecule has 0 spiro atoms. The van der Waals surface area contributed by atoms with Crippen molar-refractivity contribution in [3.8, 4) is 0 Å². The molecule has 2 N–H and O–H groups in total. The minimum atomic E-state index is -0.308. The number of carbonyl (C=O) groups excluding carboxylic acids is 1. The molecular formula is C17H22N2O2S. The average Bonchev–Trinajstić information content (AvgIpc) is 2.97. The van der Waals surface area contributed by atoms with Crippen LogP contribution in [0.15, 0.2) is 29.6 Å². The molecule has 1 heterocycles. The number of methoxy groups -OCH3 is 1. The van der Waals surface area contributed by atoms with E-state index in [4.69, 9.17) is 15.5 Å². The highest BCUT2D eigenvalue weighted by Gasteiger charge is 2.25. The van der Waals surface area contributed by atoms with Crippen LogP contribution in [0, 0.1) is 0 Å². The lowest BCUT2D eigenvalue weighted by molar-refractivity contribution is 0.0600. The van der Waals surface area contributed by atoms with Crippen molar-refractivity contribution in [1.29, 1.82) is 0 Å². The maximum absolute atomic E-state index is 11.5. The Morgan fingerprint density at radius 2 is 2.00 bits per heavy atom. The number of esters is 1. The number of hydrogen-bond acceptors (Lipinski definition) is 5. The van der Waals surface area contributed by atoms with Crippen molar-refractivity contribution >= 4 is 17.3 Å². The van der Waals surface area contributed by atoms with Crippen molar-refractivity contribution < 1.29 is 9.53 Å². The highest BCUT2D eigenvalue weighted by atomic mass is 32.1. The fourth-order valence-corrected chi connectivity index (χ4v) is 3.32. The van der Waals surface area contributed by atoms with E-state index in [0.29, 0.717) is 12.1 Å². The zero-order valence-electron chi connectivity index (χ0n) is 13.3. The number of nitrogens with zero attached hydrogens (tertiary/aromatic N) is 1. The van der Waals surface area contributed by atoms with Gasteiger partial charge in [-0.3, -0.25) is 0 Å². The molecule has 0 fully saturated rings. The van der Waals surface area contributed by atoms with Gasteiger partial charge in [0.1, 0.15) is 0 Å². The molecule has 0 saturated heterocycles. The van der Waals surface area contributed by atoms with Crippen LogP contribution in [0.5, 0.6) is 0 Å². The van der Waals surface area contributed by atoms with Crippen LogP contribution < -0.4 is 5.73 Å². The number of aromatic nitrogens is 1. The van der Waals surface area contributed by atoms with Crippen molar-refractivity contribution in [1.82, 2.24) is 4.98 Å². The summed E-state index contributed by atoms with van der Waals surface area (Å²) in [6.07, 6.45) is 1.68. The lowest BCUT2D eigenvalue weighted by Crippen LogP contribution is -2.20. The minimum Gasteiger partial charge on any atom is -0.465 e. The second-order valence-corrected chi connectivity index (χ2v) is 6.79. The van der Waals surface area contributed by atoms with Crippen molar-refractivity contribution in [2.45, 2.75) is 32.1 Å². The van der Waals surface area contributed by atoms with E-state index in [1.54, 1.807) is 23.5 Å². The van der Waals surface area contributed by atoms with Gasteiger partial charge in [-0.1, -0.05) is 26.0 Å². The lowest BCUT2D eigenvalue weighted by Gasteiger charge is -2.22. The quantitative estimate of drug-likeness (QED) is 0.832. The van der Waals surface area contributed by atoms with E-state index in [9.17, 15) is 4.79 Å². The Hall–Kier alpha value is -1.72. The Kier molecular flexibility index (Phi) is 5.32. The number of benzene rings is 1. The normalized spacial score (nSPS) is 11.5. The number of rotatable bonds is 6. The van der Waals surface area contributed by atoms with Gasteiger partial charge in [-0.25, -0.2) is 9.78 Å². The summed E-state index contributed by atoms with van der Waals surface area (Å²) in [7, 11) is 1.39.